The molecule has 0 bridgehead atoms. The molecule has 0 fully saturated rings. The van der Waals surface area contributed by atoms with E-state index in [1.165, 1.54) is 22.3 Å². The Bertz CT molecular complexity index is 951. The molecule has 1 aromatic heterocycles. The van der Waals surface area contributed by atoms with Crippen LogP contribution in [0.3, 0.4) is 0 Å². The van der Waals surface area contributed by atoms with Crippen LogP contribution in [0, 0.1) is 5.92 Å². The van der Waals surface area contributed by atoms with Gasteiger partial charge in [0.1, 0.15) is 5.00 Å². The number of carbonyl (C=O) groups is 2. The number of halogens is 1. The van der Waals surface area contributed by atoms with Crippen LogP contribution < -0.4 is 16.4 Å². The van der Waals surface area contributed by atoms with Gasteiger partial charge in [-0.1, -0.05) is 35.0 Å². The minimum absolute atomic E-state index is 0.139. The van der Waals surface area contributed by atoms with Crippen LogP contribution in [0.5, 0.6) is 0 Å². The third kappa shape index (κ3) is 5.06. The maximum Gasteiger partial charge on any atom is 0.251 e. The SMILES string of the molecule is C[C@H]1CCc2c(sc(NC(=S)NC(=O)/C=C/c3ccc(Br)cc3)c2C(N)=O)C1. The van der Waals surface area contributed by atoms with Gasteiger partial charge in [0, 0.05) is 15.4 Å². The highest BCUT2D eigenvalue weighted by atomic mass is 79.9. The number of nitrogens with two attached hydrogens (primary N) is 1. The monoisotopic (exact) mass is 477 g/mol. The number of hydrogen-bond acceptors (Lipinski definition) is 4. The average Bonchev–Trinajstić information content (AvgIpc) is 2.97. The Morgan fingerprint density at radius 2 is 2.04 bits per heavy atom. The van der Waals surface area contributed by atoms with Crippen molar-refractivity contribution in [2.45, 2.75) is 26.2 Å². The number of nitrogens with one attached hydrogen (secondary N) is 2. The zero-order valence-electron chi connectivity index (χ0n) is 15.3. The molecule has 8 heteroatoms. The van der Waals surface area contributed by atoms with Crippen LogP contribution in [0.25, 0.3) is 6.08 Å². The predicted octanol–water partition coefficient (Wildman–Crippen LogP) is 4.26. The van der Waals surface area contributed by atoms with Crippen molar-refractivity contribution < 1.29 is 9.59 Å². The Hall–Kier alpha value is -2.03. The number of hydrogen-bond donors (Lipinski definition) is 3. The fourth-order valence-corrected chi connectivity index (χ4v) is 5.09. The van der Waals surface area contributed by atoms with E-state index in [9.17, 15) is 9.59 Å². The third-order valence-corrected chi connectivity index (χ3v) is 6.42. The van der Waals surface area contributed by atoms with Crippen molar-refractivity contribution in [2.75, 3.05) is 5.32 Å². The van der Waals surface area contributed by atoms with Crippen LogP contribution in [0.15, 0.2) is 34.8 Å². The van der Waals surface area contributed by atoms with Gasteiger partial charge < -0.3 is 11.1 Å². The van der Waals surface area contributed by atoms with Crippen LogP contribution in [-0.4, -0.2) is 16.9 Å². The minimum atomic E-state index is -0.473. The van der Waals surface area contributed by atoms with E-state index in [0.717, 1.165) is 34.9 Å². The van der Waals surface area contributed by atoms with E-state index in [2.05, 4.69) is 33.5 Å². The lowest BCUT2D eigenvalue weighted by molar-refractivity contribution is -0.115. The molecule has 0 saturated heterocycles. The fraction of sp³-hybridized carbons (Fsp3) is 0.250. The predicted molar refractivity (Wildman–Crippen MR) is 122 cm³/mol. The number of fused-ring (bicyclic) bond motifs is 1. The van der Waals surface area contributed by atoms with Crippen LogP contribution in [-0.2, 0) is 17.6 Å². The summed E-state index contributed by atoms with van der Waals surface area (Å²) < 4.78 is 0.970. The molecule has 1 aromatic carbocycles. The Labute approximate surface area is 181 Å². The normalized spacial score (nSPS) is 15.9. The number of benzene rings is 1. The van der Waals surface area contributed by atoms with Crippen molar-refractivity contribution in [3.8, 4) is 0 Å². The standard InChI is InChI=1S/C20H20BrN3O2S2/c1-11-2-8-14-15(10-11)28-19(17(14)18(22)26)24-20(27)23-16(25)9-5-12-3-6-13(21)7-4-12/h3-7,9,11H,2,8,10H2,1H3,(H2,22,26)(H2,23,24,25,27)/b9-5+/t11-/m0/s1. The van der Waals surface area contributed by atoms with Crippen molar-refractivity contribution >= 4 is 67.5 Å². The number of thiocarbonyl (C=S) groups is 1. The van der Waals surface area contributed by atoms with E-state index in [4.69, 9.17) is 18.0 Å². The summed E-state index contributed by atoms with van der Waals surface area (Å²) in [5.41, 5.74) is 8.01. The first-order valence-corrected chi connectivity index (χ1v) is 10.8. The summed E-state index contributed by atoms with van der Waals surface area (Å²) in [7, 11) is 0. The molecule has 1 atom stereocenters. The Balaban J connectivity index is 1.67. The third-order valence-electron chi connectivity index (χ3n) is 4.52. The second-order valence-electron chi connectivity index (χ2n) is 6.75. The molecule has 0 radical (unpaired) electrons. The second kappa shape index (κ2) is 8.98. The van der Waals surface area contributed by atoms with Gasteiger partial charge in [0.15, 0.2) is 5.11 Å². The molecule has 1 aliphatic carbocycles. The lowest BCUT2D eigenvalue weighted by Gasteiger charge is -2.18. The molecule has 2 aromatic rings. The molecule has 0 unspecified atom stereocenters. The molecular formula is C20H20BrN3O2S2. The van der Waals surface area contributed by atoms with E-state index >= 15 is 0 Å². The molecule has 0 saturated carbocycles. The molecule has 1 heterocycles. The topological polar surface area (TPSA) is 84.2 Å². The summed E-state index contributed by atoms with van der Waals surface area (Å²) in [6, 6.07) is 7.57. The summed E-state index contributed by atoms with van der Waals surface area (Å²) in [6.45, 7) is 2.20. The zero-order valence-corrected chi connectivity index (χ0v) is 18.5. The molecular weight excluding hydrogens is 458 g/mol. The average molecular weight is 478 g/mol. The number of carbonyl (C=O) groups excluding carboxylic acids is 2. The molecule has 1 aliphatic rings. The molecule has 5 nitrogen and oxygen atoms in total. The van der Waals surface area contributed by atoms with E-state index in [0.29, 0.717) is 16.5 Å². The summed E-state index contributed by atoms with van der Waals surface area (Å²) in [6.07, 6.45) is 5.91. The minimum Gasteiger partial charge on any atom is -0.365 e. The van der Waals surface area contributed by atoms with Crippen LogP contribution in [0.2, 0.25) is 0 Å². The summed E-state index contributed by atoms with van der Waals surface area (Å²) in [5, 5.41) is 6.33. The summed E-state index contributed by atoms with van der Waals surface area (Å²) in [5.74, 6) is -0.245. The lowest BCUT2D eigenvalue weighted by atomic mass is 9.88. The van der Waals surface area contributed by atoms with Gasteiger partial charge in [-0.25, -0.2) is 0 Å². The molecule has 3 rings (SSSR count). The molecule has 28 heavy (non-hydrogen) atoms. The van der Waals surface area contributed by atoms with Gasteiger partial charge in [-0.15, -0.1) is 11.3 Å². The largest absolute Gasteiger partial charge is 0.365 e. The quantitative estimate of drug-likeness (QED) is 0.453. The first-order valence-electron chi connectivity index (χ1n) is 8.83. The number of anilines is 1. The summed E-state index contributed by atoms with van der Waals surface area (Å²) in [4.78, 5) is 25.3. The maximum absolute atomic E-state index is 12.1. The van der Waals surface area contributed by atoms with Crippen molar-refractivity contribution in [3.05, 3.63) is 56.4 Å². The fourth-order valence-electron chi connectivity index (χ4n) is 3.13. The van der Waals surface area contributed by atoms with Crippen molar-refractivity contribution in [2.24, 2.45) is 11.7 Å². The maximum atomic E-state index is 12.1. The second-order valence-corrected chi connectivity index (χ2v) is 9.18. The lowest BCUT2D eigenvalue weighted by Crippen LogP contribution is -2.33. The molecule has 2 amide bonds. The molecule has 0 aliphatic heterocycles. The van der Waals surface area contributed by atoms with Gasteiger partial charge in [0.25, 0.3) is 5.91 Å². The number of rotatable bonds is 4. The number of thiophene rings is 1. The number of amides is 2. The van der Waals surface area contributed by atoms with Crippen LogP contribution >= 0.6 is 39.5 Å². The highest BCUT2D eigenvalue weighted by Gasteiger charge is 2.26. The van der Waals surface area contributed by atoms with Gasteiger partial charge in [-0.2, -0.15) is 0 Å². The van der Waals surface area contributed by atoms with Crippen LogP contribution in [0.4, 0.5) is 5.00 Å². The first-order chi connectivity index (χ1) is 13.3. The Morgan fingerprint density at radius 1 is 1.32 bits per heavy atom. The van der Waals surface area contributed by atoms with Crippen molar-refractivity contribution in [1.82, 2.24) is 5.32 Å². The Kier molecular flexibility index (Phi) is 6.64. The molecule has 0 spiro atoms. The van der Waals surface area contributed by atoms with E-state index in [1.807, 2.05) is 24.3 Å². The summed E-state index contributed by atoms with van der Waals surface area (Å²) >= 11 is 10.1. The van der Waals surface area contributed by atoms with Gasteiger partial charge in [0.05, 0.1) is 5.56 Å². The number of primary amides is 1. The first kappa shape index (κ1) is 20.7. The van der Waals surface area contributed by atoms with E-state index in [1.54, 1.807) is 6.08 Å². The van der Waals surface area contributed by atoms with Crippen molar-refractivity contribution in [1.29, 1.82) is 0 Å². The van der Waals surface area contributed by atoms with Gasteiger partial charge >= 0.3 is 0 Å². The molecule has 146 valence electrons. The van der Waals surface area contributed by atoms with Gasteiger partial charge in [-0.05, 0) is 66.7 Å². The molecule has 4 N–H and O–H groups in total. The van der Waals surface area contributed by atoms with E-state index in [-0.39, 0.29) is 11.0 Å². The Morgan fingerprint density at radius 3 is 2.71 bits per heavy atom. The smallest absolute Gasteiger partial charge is 0.251 e. The van der Waals surface area contributed by atoms with Gasteiger partial charge in [-0.3, -0.25) is 14.9 Å². The highest BCUT2D eigenvalue weighted by Crippen LogP contribution is 2.39. The van der Waals surface area contributed by atoms with Crippen molar-refractivity contribution in [3.63, 3.8) is 0 Å². The highest BCUT2D eigenvalue weighted by molar-refractivity contribution is 9.10. The van der Waals surface area contributed by atoms with E-state index < -0.39 is 5.91 Å². The van der Waals surface area contributed by atoms with Gasteiger partial charge in [0.2, 0.25) is 5.91 Å². The van der Waals surface area contributed by atoms with Crippen LogP contribution in [0.1, 0.15) is 39.7 Å². The zero-order chi connectivity index (χ0) is 20.3.